The minimum Gasteiger partial charge on any atom is -0.462 e. The number of carbonyl (C=O) groups is 2. The third kappa shape index (κ3) is 42.8. The standard InChI is InChI=1S/C54H101NO5/c1-4-7-10-13-16-19-22-25-26-27-29-32-35-38-41-44-47-54(59)60-50(45-42-39-36-33-30-24-21-18-15-12-9-6-3)48-53(58)55-51(49-56)52(57)46-43-40-37-34-31-28-23-20-17-14-11-8-5-2/h26-27,29,32-33,36,50-52,56-57H,4-25,28,30-31,34-35,37-49H2,1-3H3,(H,55,58)/b27-26+,32-29+,36-33-. The Morgan fingerprint density at radius 2 is 0.867 bits per heavy atom. The lowest BCUT2D eigenvalue weighted by Crippen LogP contribution is -2.46. The van der Waals surface area contributed by atoms with E-state index in [1.165, 1.54) is 154 Å². The molecule has 0 aliphatic carbocycles. The van der Waals surface area contributed by atoms with E-state index in [1.807, 2.05) is 0 Å². The van der Waals surface area contributed by atoms with Crippen LogP contribution in [0.1, 0.15) is 271 Å². The highest BCUT2D eigenvalue weighted by molar-refractivity contribution is 5.77. The van der Waals surface area contributed by atoms with E-state index in [1.54, 1.807) is 0 Å². The molecule has 0 aliphatic heterocycles. The van der Waals surface area contributed by atoms with Crippen molar-refractivity contribution in [3.05, 3.63) is 36.5 Å². The van der Waals surface area contributed by atoms with Crippen LogP contribution >= 0.6 is 0 Å². The number of unbranched alkanes of at least 4 members (excludes halogenated alkanes) is 30. The predicted octanol–water partition coefficient (Wildman–Crippen LogP) is 15.7. The summed E-state index contributed by atoms with van der Waals surface area (Å²) in [5.74, 6) is -0.527. The molecule has 0 aliphatic rings. The zero-order chi connectivity index (χ0) is 43.8. The fraction of sp³-hybridized carbons (Fsp3) is 0.852. The van der Waals surface area contributed by atoms with Crippen LogP contribution in [0.3, 0.4) is 0 Å². The smallest absolute Gasteiger partial charge is 0.306 e. The summed E-state index contributed by atoms with van der Waals surface area (Å²) < 4.78 is 5.90. The number of ether oxygens (including phenoxy) is 1. The zero-order valence-electron chi connectivity index (χ0n) is 40.1. The molecule has 3 unspecified atom stereocenters. The van der Waals surface area contributed by atoms with E-state index >= 15 is 0 Å². The Morgan fingerprint density at radius 3 is 1.32 bits per heavy atom. The molecule has 0 heterocycles. The highest BCUT2D eigenvalue weighted by atomic mass is 16.5. The average Bonchev–Trinajstić information content (AvgIpc) is 3.24. The number of esters is 1. The van der Waals surface area contributed by atoms with Crippen molar-refractivity contribution in [2.24, 2.45) is 0 Å². The van der Waals surface area contributed by atoms with Crippen molar-refractivity contribution in [2.75, 3.05) is 6.61 Å². The Kier molecular flexibility index (Phi) is 46.6. The Hall–Kier alpha value is -1.92. The second-order valence-electron chi connectivity index (χ2n) is 17.9. The van der Waals surface area contributed by atoms with Gasteiger partial charge < -0.3 is 20.3 Å². The second-order valence-corrected chi connectivity index (χ2v) is 17.9. The van der Waals surface area contributed by atoms with Crippen molar-refractivity contribution in [1.82, 2.24) is 5.32 Å². The van der Waals surface area contributed by atoms with Crippen LogP contribution in [0, 0.1) is 0 Å². The van der Waals surface area contributed by atoms with Gasteiger partial charge in [-0.05, 0) is 70.6 Å². The molecular weight excluding hydrogens is 743 g/mol. The number of aliphatic hydroxyl groups excluding tert-OH is 2. The molecule has 6 heteroatoms. The highest BCUT2D eigenvalue weighted by Gasteiger charge is 2.24. The molecule has 0 aromatic heterocycles. The molecule has 6 nitrogen and oxygen atoms in total. The van der Waals surface area contributed by atoms with Gasteiger partial charge in [0, 0.05) is 6.42 Å². The average molecular weight is 844 g/mol. The lowest BCUT2D eigenvalue weighted by Gasteiger charge is -2.24. The van der Waals surface area contributed by atoms with Gasteiger partial charge in [-0.25, -0.2) is 0 Å². The topological polar surface area (TPSA) is 95.9 Å². The van der Waals surface area contributed by atoms with Gasteiger partial charge >= 0.3 is 5.97 Å². The van der Waals surface area contributed by atoms with Gasteiger partial charge in [-0.2, -0.15) is 0 Å². The predicted molar refractivity (Wildman–Crippen MR) is 259 cm³/mol. The van der Waals surface area contributed by atoms with Crippen LogP contribution in [-0.2, 0) is 14.3 Å². The summed E-state index contributed by atoms with van der Waals surface area (Å²) in [7, 11) is 0. The summed E-state index contributed by atoms with van der Waals surface area (Å²) in [5.41, 5.74) is 0. The number of allylic oxidation sites excluding steroid dienone is 6. The molecule has 0 saturated heterocycles. The van der Waals surface area contributed by atoms with Crippen molar-refractivity contribution >= 4 is 11.9 Å². The maximum atomic E-state index is 13.2. The number of nitrogens with one attached hydrogen (secondary N) is 1. The molecule has 3 atom stereocenters. The maximum Gasteiger partial charge on any atom is 0.306 e. The van der Waals surface area contributed by atoms with Gasteiger partial charge in [-0.1, -0.05) is 224 Å². The summed E-state index contributed by atoms with van der Waals surface area (Å²) in [6, 6.07) is -0.713. The molecule has 0 radical (unpaired) electrons. The minimum absolute atomic E-state index is 0.0483. The van der Waals surface area contributed by atoms with E-state index in [0.29, 0.717) is 19.3 Å². The quantitative estimate of drug-likeness (QED) is 0.0245. The lowest BCUT2D eigenvalue weighted by molar-refractivity contribution is -0.151. The van der Waals surface area contributed by atoms with Gasteiger partial charge in [0.1, 0.15) is 6.10 Å². The van der Waals surface area contributed by atoms with Gasteiger partial charge in [-0.15, -0.1) is 0 Å². The lowest BCUT2D eigenvalue weighted by atomic mass is 10.0. The van der Waals surface area contributed by atoms with Gasteiger partial charge in [0.25, 0.3) is 0 Å². The van der Waals surface area contributed by atoms with E-state index in [2.05, 4.69) is 62.5 Å². The Bertz CT molecular complexity index is 993. The van der Waals surface area contributed by atoms with E-state index < -0.39 is 18.2 Å². The molecule has 60 heavy (non-hydrogen) atoms. The highest BCUT2D eigenvalue weighted by Crippen LogP contribution is 2.17. The molecule has 0 bridgehead atoms. The first kappa shape index (κ1) is 58.1. The van der Waals surface area contributed by atoms with E-state index in [9.17, 15) is 19.8 Å². The van der Waals surface area contributed by atoms with Crippen LogP contribution in [0.4, 0.5) is 0 Å². The summed E-state index contributed by atoms with van der Waals surface area (Å²) in [4.78, 5) is 26.1. The van der Waals surface area contributed by atoms with Crippen molar-refractivity contribution in [1.29, 1.82) is 0 Å². The van der Waals surface area contributed by atoms with Crippen LogP contribution in [0.5, 0.6) is 0 Å². The first-order valence-corrected chi connectivity index (χ1v) is 26.2. The SMILES string of the molecule is CCCCCCCCC/C=C\CCCC(CC(=O)NC(CO)C(O)CCCCCCCCCCCCCCC)OC(=O)CCCCC/C=C/C=C/CCCCCCCCC. The van der Waals surface area contributed by atoms with E-state index in [4.69, 9.17) is 4.74 Å². The summed E-state index contributed by atoms with van der Waals surface area (Å²) in [5, 5.41) is 23.7. The molecule has 0 fully saturated rings. The molecule has 0 rings (SSSR count). The summed E-state index contributed by atoms with van der Waals surface area (Å²) in [6.45, 7) is 6.47. The van der Waals surface area contributed by atoms with Crippen molar-refractivity contribution < 1.29 is 24.5 Å². The number of carbonyl (C=O) groups excluding carboxylic acids is 2. The first-order chi connectivity index (χ1) is 29.5. The molecule has 1 amide bonds. The summed E-state index contributed by atoms with van der Waals surface area (Å²) >= 11 is 0. The van der Waals surface area contributed by atoms with Gasteiger partial charge in [0.2, 0.25) is 5.91 Å². The number of hydrogen-bond acceptors (Lipinski definition) is 5. The van der Waals surface area contributed by atoms with Crippen LogP contribution in [0.25, 0.3) is 0 Å². The zero-order valence-corrected chi connectivity index (χ0v) is 40.1. The van der Waals surface area contributed by atoms with Crippen molar-refractivity contribution in [2.45, 2.75) is 289 Å². The third-order valence-electron chi connectivity index (χ3n) is 12.0. The maximum absolute atomic E-state index is 13.2. The van der Waals surface area contributed by atoms with Crippen molar-refractivity contribution in [3.63, 3.8) is 0 Å². The molecule has 3 N–H and O–H groups in total. The molecule has 0 saturated carbocycles. The van der Waals surface area contributed by atoms with Crippen LogP contribution in [-0.4, -0.2) is 46.9 Å². The second kappa shape index (κ2) is 48.1. The Morgan fingerprint density at radius 1 is 0.483 bits per heavy atom. The minimum atomic E-state index is -0.796. The number of aliphatic hydroxyl groups is 2. The van der Waals surface area contributed by atoms with Crippen LogP contribution < -0.4 is 5.32 Å². The summed E-state index contributed by atoms with van der Waals surface area (Å²) in [6.07, 6.45) is 56.4. The first-order valence-electron chi connectivity index (χ1n) is 26.2. The number of amides is 1. The van der Waals surface area contributed by atoms with E-state index in [-0.39, 0.29) is 24.9 Å². The largest absolute Gasteiger partial charge is 0.462 e. The molecule has 352 valence electrons. The van der Waals surface area contributed by atoms with Crippen LogP contribution in [0.2, 0.25) is 0 Å². The third-order valence-corrected chi connectivity index (χ3v) is 12.0. The van der Waals surface area contributed by atoms with Gasteiger partial charge in [0.05, 0.1) is 25.2 Å². The normalized spacial score (nSPS) is 13.5. The molecular formula is C54H101NO5. The fourth-order valence-electron chi connectivity index (χ4n) is 7.95. The molecule has 0 aromatic rings. The molecule has 0 aromatic carbocycles. The Balaban J connectivity index is 4.61. The van der Waals surface area contributed by atoms with E-state index in [0.717, 1.165) is 70.6 Å². The van der Waals surface area contributed by atoms with Gasteiger partial charge in [0.15, 0.2) is 0 Å². The van der Waals surface area contributed by atoms with Gasteiger partial charge in [-0.3, -0.25) is 9.59 Å². The van der Waals surface area contributed by atoms with Crippen LogP contribution in [0.15, 0.2) is 36.5 Å². The Labute approximate surface area is 373 Å². The monoisotopic (exact) mass is 844 g/mol. The molecule has 0 spiro atoms. The van der Waals surface area contributed by atoms with Crippen molar-refractivity contribution in [3.8, 4) is 0 Å². The number of hydrogen-bond donors (Lipinski definition) is 3. The fourth-order valence-corrected chi connectivity index (χ4v) is 7.95. The number of rotatable bonds is 47.